The number of aryl methyl sites for hydroxylation is 1. The minimum Gasteiger partial charge on any atom is -0.325 e. The van der Waals surface area contributed by atoms with E-state index < -0.39 is 10.0 Å². The molecule has 174 valence electrons. The third-order valence-corrected chi connectivity index (χ3v) is 8.54. The van der Waals surface area contributed by atoms with E-state index in [-0.39, 0.29) is 22.1 Å². The summed E-state index contributed by atoms with van der Waals surface area (Å²) in [4.78, 5) is 32.4. The molecule has 0 saturated heterocycles. The van der Waals surface area contributed by atoms with Crippen molar-refractivity contribution in [2.45, 2.75) is 42.8 Å². The van der Waals surface area contributed by atoms with Gasteiger partial charge in [0, 0.05) is 17.1 Å². The summed E-state index contributed by atoms with van der Waals surface area (Å²) in [6.45, 7) is 6.28. The normalized spacial score (nSPS) is 15.9. The lowest BCUT2D eigenvalue weighted by atomic mass is 9.89. The fourth-order valence-electron chi connectivity index (χ4n) is 3.86. The van der Waals surface area contributed by atoms with E-state index in [0.29, 0.717) is 28.7 Å². The van der Waals surface area contributed by atoms with E-state index in [1.807, 2.05) is 0 Å². The minimum atomic E-state index is -3.80. The average molecular weight is 505 g/mol. The predicted octanol–water partition coefficient (Wildman–Crippen LogP) is 3.15. The van der Waals surface area contributed by atoms with Crippen LogP contribution in [0.5, 0.6) is 0 Å². The Balaban J connectivity index is 1.55. The number of nitrogens with one attached hydrogen (secondary N) is 1. The number of nitrogens with zero attached hydrogens (tertiary/aromatic N) is 2. The van der Waals surface area contributed by atoms with Gasteiger partial charge < -0.3 is 5.32 Å². The van der Waals surface area contributed by atoms with E-state index in [4.69, 9.17) is 10.1 Å². The van der Waals surface area contributed by atoms with Crippen LogP contribution in [0.2, 0.25) is 0 Å². The first-order chi connectivity index (χ1) is 15.7. The number of amides is 1. The zero-order valence-corrected chi connectivity index (χ0v) is 20.5. The molecule has 2 aromatic heterocycles. The van der Waals surface area contributed by atoms with Crippen molar-refractivity contribution in [3.63, 3.8) is 0 Å². The molecule has 3 N–H and O–H groups in total. The van der Waals surface area contributed by atoms with Crippen LogP contribution in [-0.4, -0.2) is 29.6 Å². The number of thioether (sulfide) groups is 1. The van der Waals surface area contributed by atoms with Gasteiger partial charge in [-0.15, -0.1) is 17.9 Å². The molecule has 1 aliphatic rings. The second-order valence-electron chi connectivity index (χ2n) is 8.04. The van der Waals surface area contributed by atoms with Gasteiger partial charge in [-0.25, -0.2) is 18.5 Å². The summed E-state index contributed by atoms with van der Waals surface area (Å²) in [6, 6.07) is 5.60. The Morgan fingerprint density at radius 3 is 2.79 bits per heavy atom. The monoisotopic (exact) mass is 504 g/mol. The van der Waals surface area contributed by atoms with Crippen molar-refractivity contribution in [3.8, 4) is 0 Å². The van der Waals surface area contributed by atoms with E-state index in [2.05, 4.69) is 18.8 Å². The summed E-state index contributed by atoms with van der Waals surface area (Å²) < 4.78 is 24.3. The fraction of sp³-hybridized carbons (Fsp3) is 0.318. The number of carbonyl (C=O) groups is 1. The maximum absolute atomic E-state index is 13.3. The first kappa shape index (κ1) is 23.7. The van der Waals surface area contributed by atoms with Gasteiger partial charge in [-0.1, -0.05) is 24.8 Å². The van der Waals surface area contributed by atoms with Gasteiger partial charge in [0.1, 0.15) is 4.83 Å². The summed E-state index contributed by atoms with van der Waals surface area (Å²) in [5, 5.41) is 8.97. The average Bonchev–Trinajstić information content (AvgIpc) is 3.11. The molecule has 8 nitrogen and oxygen atoms in total. The Hall–Kier alpha value is -2.47. The molecule has 1 aliphatic carbocycles. The molecular formula is C22H24N4O4S3. The second kappa shape index (κ2) is 9.41. The number of benzene rings is 1. The first-order valence-electron chi connectivity index (χ1n) is 10.4. The lowest BCUT2D eigenvalue weighted by Crippen LogP contribution is -2.24. The third-order valence-electron chi connectivity index (χ3n) is 5.49. The number of aromatic nitrogens is 2. The van der Waals surface area contributed by atoms with Gasteiger partial charge in [0.2, 0.25) is 15.9 Å². The highest BCUT2D eigenvalue weighted by molar-refractivity contribution is 7.99. The molecule has 1 aromatic carbocycles. The van der Waals surface area contributed by atoms with Crippen molar-refractivity contribution >= 4 is 54.9 Å². The standard InChI is InChI=1S/C22H24N4O4S3/c1-3-10-26-21(28)19-16-9-4-13(2)11-17(16)32-20(19)25-22(26)31-12-18(27)24-14-5-7-15(8-6-14)33(23,29)30/h3,5-8,13H,1,4,9-12H2,2H3,(H,24,27)(H2,23,29,30)/t13-/m1/s1. The second-order valence-corrected chi connectivity index (χ2v) is 11.6. The Morgan fingerprint density at radius 1 is 1.39 bits per heavy atom. The van der Waals surface area contributed by atoms with Gasteiger partial charge in [-0.05, 0) is 55.0 Å². The van der Waals surface area contributed by atoms with E-state index in [1.165, 1.54) is 40.9 Å². The van der Waals surface area contributed by atoms with Crippen molar-refractivity contribution in [2.24, 2.45) is 11.1 Å². The zero-order chi connectivity index (χ0) is 23.8. The molecule has 0 radical (unpaired) electrons. The molecule has 2 heterocycles. The van der Waals surface area contributed by atoms with Crippen LogP contribution in [0.25, 0.3) is 10.2 Å². The van der Waals surface area contributed by atoms with Gasteiger partial charge in [-0.3, -0.25) is 14.2 Å². The molecule has 0 unspecified atom stereocenters. The van der Waals surface area contributed by atoms with Gasteiger partial charge in [0.25, 0.3) is 5.56 Å². The van der Waals surface area contributed by atoms with Crippen LogP contribution in [0.15, 0.2) is 51.8 Å². The number of carbonyl (C=O) groups excluding carboxylic acids is 1. The number of hydrogen-bond acceptors (Lipinski definition) is 7. The zero-order valence-electron chi connectivity index (χ0n) is 18.0. The molecule has 11 heteroatoms. The van der Waals surface area contributed by atoms with Crippen LogP contribution in [-0.2, 0) is 34.2 Å². The SMILES string of the molecule is C=CCn1c(SCC(=O)Nc2ccc(S(N)(=O)=O)cc2)nc2sc3c(c2c1=O)CC[C@@H](C)C3. The number of hydrogen-bond donors (Lipinski definition) is 2. The molecule has 33 heavy (non-hydrogen) atoms. The van der Waals surface area contributed by atoms with Crippen molar-refractivity contribution in [1.82, 2.24) is 9.55 Å². The third kappa shape index (κ3) is 5.06. The maximum atomic E-state index is 13.3. The van der Waals surface area contributed by atoms with Crippen LogP contribution < -0.4 is 16.0 Å². The van der Waals surface area contributed by atoms with Gasteiger partial charge in [-0.2, -0.15) is 0 Å². The highest BCUT2D eigenvalue weighted by Gasteiger charge is 2.24. The van der Waals surface area contributed by atoms with E-state index in [9.17, 15) is 18.0 Å². The molecule has 4 rings (SSSR count). The van der Waals surface area contributed by atoms with Crippen molar-refractivity contribution in [2.75, 3.05) is 11.1 Å². The van der Waals surface area contributed by atoms with Crippen molar-refractivity contribution < 1.29 is 13.2 Å². The predicted molar refractivity (Wildman–Crippen MR) is 132 cm³/mol. The topological polar surface area (TPSA) is 124 Å². The number of allylic oxidation sites excluding steroid dienone is 1. The molecule has 0 spiro atoms. The number of anilines is 1. The molecule has 0 fully saturated rings. The quantitative estimate of drug-likeness (QED) is 0.289. The summed E-state index contributed by atoms with van der Waals surface area (Å²) in [5.41, 5.74) is 1.48. The van der Waals surface area contributed by atoms with E-state index in [0.717, 1.165) is 29.7 Å². The van der Waals surface area contributed by atoms with Gasteiger partial charge >= 0.3 is 0 Å². The van der Waals surface area contributed by atoms with Crippen LogP contribution in [0.4, 0.5) is 5.69 Å². The molecule has 1 atom stereocenters. The smallest absolute Gasteiger partial charge is 0.263 e. The van der Waals surface area contributed by atoms with E-state index >= 15 is 0 Å². The van der Waals surface area contributed by atoms with Crippen LogP contribution >= 0.6 is 23.1 Å². The summed E-state index contributed by atoms with van der Waals surface area (Å²) >= 11 is 2.76. The molecule has 0 aliphatic heterocycles. The number of thiophene rings is 1. The Bertz CT molecular complexity index is 1390. The highest BCUT2D eigenvalue weighted by Crippen LogP contribution is 2.36. The highest BCUT2D eigenvalue weighted by atomic mass is 32.2. The molecule has 1 amide bonds. The number of primary sulfonamides is 1. The largest absolute Gasteiger partial charge is 0.325 e. The molecular weight excluding hydrogens is 480 g/mol. The van der Waals surface area contributed by atoms with Gasteiger partial charge in [0.15, 0.2) is 5.16 Å². The maximum Gasteiger partial charge on any atom is 0.263 e. The summed E-state index contributed by atoms with van der Waals surface area (Å²) in [6.07, 6.45) is 4.56. The first-order valence-corrected chi connectivity index (χ1v) is 13.7. The molecule has 0 saturated carbocycles. The summed E-state index contributed by atoms with van der Waals surface area (Å²) in [7, 11) is -3.80. The molecule has 0 bridgehead atoms. The van der Waals surface area contributed by atoms with Crippen molar-refractivity contribution in [1.29, 1.82) is 0 Å². The lowest BCUT2D eigenvalue weighted by molar-refractivity contribution is -0.113. The number of fused-ring (bicyclic) bond motifs is 3. The number of sulfonamides is 1. The minimum absolute atomic E-state index is 0.0335. The van der Waals surface area contributed by atoms with Crippen LogP contribution in [0.1, 0.15) is 23.8 Å². The molecule has 3 aromatic rings. The Morgan fingerprint density at radius 2 is 2.12 bits per heavy atom. The van der Waals surface area contributed by atoms with Crippen LogP contribution in [0, 0.1) is 5.92 Å². The van der Waals surface area contributed by atoms with E-state index in [1.54, 1.807) is 22.0 Å². The van der Waals surface area contributed by atoms with Crippen LogP contribution in [0.3, 0.4) is 0 Å². The Labute approximate surface area is 200 Å². The fourth-order valence-corrected chi connectivity index (χ4v) is 6.61. The number of rotatable bonds is 7. The summed E-state index contributed by atoms with van der Waals surface area (Å²) in [5.74, 6) is 0.327. The van der Waals surface area contributed by atoms with Gasteiger partial charge in [0.05, 0.1) is 16.0 Å². The Kier molecular flexibility index (Phi) is 6.76. The van der Waals surface area contributed by atoms with Crippen molar-refractivity contribution in [3.05, 3.63) is 57.7 Å². The number of nitrogens with two attached hydrogens (primary N) is 1. The lowest BCUT2D eigenvalue weighted by Gasteiger charge is -2.17.